The largest absolute Gasteiger partial charge is 0.306 e. The average Bonchev–Trinajstić information content (AvgIpc) is 3.27. The molecule has 3 heterocycles. The molecule has 0 saturated heterocycles. The number of carbonyl (C=O) groups is 1. The molecule has 1 saturated carbocycles. The number of rotatable bonds is 3. The summed E-state index contributed by atoms with van der Waals surface area (Å²) in [6.45, 7) is 16.7. The minimum atomic E-state index is -0.247. The highest BCUT2D eigenvalue weighted by molar-refractivity contribution is 7.20. The summed E-state index contributed by atoms with van der Waals surface area (Å²) in [5.41, 5.74) is 2.52. The molecule has 7 heteroatoms. The van der Waals surface area contributed by atoms with Crippen molar-refractivity contribution >= 4 is 33.3 Å². The van der Waals surface area contributed by atoms with E-state index in [9.17, 15) is 4.79 Å². The van der Waals surface area contributed by atoms with E-state index in [1.807, 2.05) is 24.6 Å². The van der Waals surface area contributed by atoms with Crippen LogP contribution in [0.2, 0.25) is 0 Å². The topological polar surface area (TPSA) is 72.7 Å². The van der Waals surface area contributed by atoms with Crippen LogP contribution in [-0.2, 0) is 11.0 Å². The van der Waals surface area contributed by atoms with Gasteiger partial charge in [0.1, 0.15) is 16.5 Å². The van der Waals surface area contributed by atoms with Gasteiger partial charge in [-0.25, -0.2) is 14.6 Å². The highest BCUT2D eigenvalue weighted by atomic mass is 32.1. The molecule has 0 atom stereocenters. The van der Waals surface area contributed by atoms with Gasteiger partial charge in [0.25, 0.3) is 5.91 Å². The minimum absolute atomic E-state index is 0.102. The lowest BCUT2D eigenvalue weighted by Gasteiger charge is -2.23. The number of fused-ring (bicyclic) bond motifs is 1. The molecule has 1 amide bonds. The number of aromatic nitrogens is 4. The molecule has 0 unspecified atom stereocenters. The first-order chi connectivity index (χ1) is 13.9. The Kier molecular flexibility index (Phi) is 4.80. The Morgan fingerprint density at radius 3 is 2.37 bits per heavy atom. The number of hydrogen-bond donors (Lipinski definition) is 1. The van der Waals surface area contributed by atoms with Gasteiger partial charge in [0, 0.05) is 22.8 Å². The summed E-state index contributed by atoms with van der Waals surface area (Å²) in [4.78, 5) is 24.4. The van der Waals surface area contributed by atoms with Crippen LogP contribution < -0.4 is 5.32 Å². The summed E-state index contributed by atoms with van der Waals surface area (Å²) >= 11 is 1.46. The molecule has 0 aliphatic heterocycles. The number of anilines is 1. The Balaban J connectivity index is 1.72. The predicted molar refractivity (Wildman–Crippen MR) is 123 cm³/mol. The van der Waals surface area contributed by atoms with Crippen LogP contribution in [0.5, 0.6) is 0 Å². The van der Waals surface area contributed by atoms with E-state index in [1.165, 1.54) is 11.3 Å². The number of aryl methyl sites for hydroxylation is 2. The molecule has 3 aromatic rings. The molecule has 160 valence electrons. The first-order valence-electron chi connectivity index (χ1n) is 10.6. The van der Waals surface area contributed by atoms with E-state index in [1.54, 1.807) is 0 Å². The summed E-state index contributed by atoms with van der Waals surface area (Å²) in [5, 5.41) is 8.93. The van der Waals surface area contributed by atoms with Crippen LogP contribution in [0.25, 0.3) is 10.2 Å². The van der Waals surface area contributed by atoms with Crippen molar-refractivity contribution < 1.29 is 4.79 Å². The Morgan fingerprint density at radius 2 is 1.80 bits per heavy atom. The second kappa shape index (κ2) is 6.87. The van der Waals surface area contributed by atoms with Gasteiger partial charge in [0.15, 0.2) is 0 Å². The molecule has 1 fully saturated rings. The van der Waals surface area contributed by atoms with Gasteiger partial charge in [-0.05, 0) is 53.0 Å². The number of nitrogens with zero attached hydrogens (tertiary/aromatic N) is 4. The van der Waals surface area contributed by atoms with E-state index in [2.05, 4.69) is 46.9 Å². The molecule has 0 aromatic carbocycles. The second-order valence-corrected chi connectivity index (χ2v) is 11.4. The van der Waals surface area contributed by atoms with Gasteiger partial charge < -0.3 is 5.32 Å². The van der Waals surface area contributed by atoms with Gasteiger partial charge in [0.2, 0.25) is 0 Å². The van der Waals surface area contributed by atoms with Crippen molar-refractivity contribution in [1.82, 2.24) is 19.7 Å². The summed E-state index contributed by atoms with van der Waals surface area (Å²) in [5.74, 6) is 2.02. The Hall–Kier alpha value is -2.28. The second-order valence-electron chi connectivity index (χ2n) is 10.4. The van der Waals surface area contributed by atoms with Crippen LogP contribution in [0, 0.1) is 13.8 Å². The Labute approximate surface area is 182 Å². The van der Waals surface area contributed by atoms with E-state index >= 15 is 0 Å². The SMILES string of the molecule is Cc1nc(C2CC2)nc2sc(C(=O)Nc3cc(C(C)(C)C)nn3C(C)(C)C)c(C)c12. The zero-order valence-electron chi connectivity index (χ0n) is 19.2. The fourth-order valence-corrected chi connectivity index (χ4v) is 4.76. The normalized spacial score (nSPS) is 15.1. The molecule has 3 aromatic heterocycles. The molecule has 1 aliphatic rings. The van der Waals surface area contributed by atoms with E-state index in [4.69, 9.17) is 15.1 Å². The van der Waals surface area contributed by atoms with Gasteiger partial charge >= 0.3 is 0 Å². The Morgan fingerprint density at radius 1 is 1.13 bits per heavy atom. The molecule has 1 aliphatic carbocycles. The lowest BCUT2D eigenvalue weighted by Crippen LogP contribution is -2.27. The molecular formula is C23H31N5OS. The fraction of sp³-hybridized carbons (Fsp3) is 0.565. The standard InChI is InChI=1S/C23H31N5OS/c1-12-17-13(2)24-19(14-9-10-14)26-21(17)30-18(12)20(29)25-16-11-15(22(3,4)5)27-28(16)23(6,7)8/h11,14H,9-10H2,1-8H3,(H,25,29). The van der Waals surface area contributed by atoms with Gasteiger partial charge in [-0.15, -0.1) is 11.3 Å². The summed E-state index contributed by atoms with van der Waals surface area (Å²) in [6.07, 6.45) is 2.32. The highest BCUT2D eigenvalue weighted by Gasteiger charge is 2.30. The third-order valence-corrected chi connectivity index (χ3v) is 6.68. The molecule has 0 spiro atoms. The number of thiophene rings is 1. The van der Waals surface area contributed by atoms with E-state index in [-0.39, 0.29) is 16.9 Å². The first-order valence-corrected chi connectivity index (χ1v) is 11.4. The van der Waals surface area contributed by atoms with Crippen LogP contribution in [0.1, 0.15) is 92.7 Å². The van der Waals surface area contributed by atoms with Gasteiger partial charge in [-0.3, -0.25) is 4.79 Å². The van der Waals surface area contributed by atoms with Crippen LogP contribution in [0.15, 0.2) is 6.07 Å². The molecular weight excluding hydrogens is 394 g/mol. The van der Waals surface area contributed by atoms with E-state index in [0.717, 1.165) is 51.7 Å². The molecule has 0 bridgehead atoms. The third-order valence-electron chi connectivity index (χ3n) is 5.49. The first kappa shape index (κ1) is 21.0. The number of hydrogen-bond acceptors (Lipinski definition) is 5. The van der Waals surface area contributed by atoms with Crippen molar-refractivity contribution in [3.05, 3.63) is 33.7 Å². The van der Waals surface area contributed by atoms with E-state index < -0.39 is 0 Å². The average molecular weight is 426 g/mol. The highest BCUT2D eigenvalue weighted by Crippen LogP contribution is 2.40. The molecule has 30 heavy (non-hydrogen) atoms. The lowest BCUT2D eigenvalue weighted by atomic mass is 9.92. The van der Waals surface area contributed by atoms with Crippen molar-refractivity contribution in [2.45, 2.75) is 85.1 Å². The predicted octanol–water partition coefficient (Wildman–Crippen LogP) is 5.69. The van der Waals surface area contributed by atoms with Crippen LogP contribution in [0.4, 0.5) is 5.82 Å². The van der Waals surface area contributed by atoms with Crippen LogP contribution >= 0.6 is 11.3 Å². The monoisotopic (exact) mass is 425 g/mol. The van der Waals surface area contributed by atoms with Crippen molar-refractivity contribution in [2.75, 3.05) is 5.32 Å². The summed E-state index contributed by atoms with van der Waals surface area (Å²) in [6, 6.07) is 1.99. The Bertz CT molecular complexity index is 1140. The maximum atomic E-state index is 13.3. The lowest BCUT2D eigenvalue weighted by molar-refractivity contribution is 0.102. The maximum Gasteiger partial charge on any atom is 0.267 e. The molecule has 6 nitrogen and oxygen atoms in total. The van der Waals surface area contributed by atoms with Gasteiger partial charge in [0.05, 0.1) is 21.8 Å². The van der Waals surface area contributed by atoms with Crippen LogP contribution in [-0.4, -0.2) is 25.7 Å². The molecule has 0 radical (unpaired) electrons. The van der Waals surface area contributed by atoms with Crippen LogP contribution in [0.3, 0.4) is 0 Å². The molecule has 4 rings (SSSR count). The van der Waals surface area contributed by atoms with Gasteiger partial charge in [-0.1, -0.05) is 20.8 Å². The summed E-state index contributed by atoms with van der Waals surface area (Å²) in [7, 11) is 0. The minimum Gasteiger partial charge on any atom is -0.306 e. The number of nitrogens with one attached hydrogen (secondary N) is 1. The maximum absolute atomic E-state index is 13.3. The van der Waals surface area contributed by atoms with Gasteiger partial charge in [-0.2, -0.15) is 5.10 Å². The number of carbonyl (C=O) groups excluding carboxylic acids is 1. The van der Waals surface area contributed by atoms with Crippen molar-refractivity contribution in [3.63, 3.8) is 0 Å². The quantitative estimate of drug-likeness (QED) is 0.585. The van der Waals surface area contributed by atoms with Crippen molar-refractivity contribution in [2.24, 2.45) is 0 Å². The zero-order chi connectivity index (χ0) is 22.0. The van der Waals surface area contributed by atoms with Crippen molar-refractivity contribution in [3.8, 4) is 0 Å². The number of amides is 1. The fourth-order valence-electron chi connectivity index (χ4n) is 3.62. The zero-order valence-corrected chi connectivity index (χ0v) is 20.0. The molecule has 1 N–H and O–H groups in total. The van der Waals surface area contributed by atoms with Crippen molar-refractivity contribution in [1.29, 1.82) is 0 Å². The van der Waals surface area contributed by atoms with E-state index in [0.29, 0.717) is 10.8 Å². The smallest absolute Gasteiger partial charge is 0.267 e. The summed E-state index contributed by atoms with van der Waals surface area (Å²) < 4.78 is 1.91. The third kappa shape index (κ3) is 3.75.